The molecule has 0 heterocycles. The number of rotatable bonds is 7. The third-order valence-corrected chi connectivity index (χ3v) is 6.31. The molecule has 0 aliphatic heterocycles. The summed E-state index contributed by atoms with van der Waals surface area (Å²) in [5.74, 6) is -0.940. The largest absolute Gasteiger partial charge is 0.479 e. The minimum absolute atomic E-state index is 0.146. The molecular formula is C21H30O4. The van der Waals surface area contributed by atoms with Crippen molar-refractivity contribution in [1.29, 1.82) is 0 Å². The van der Waals surface area contributed by atoms with Crippen LogP contribution in [-0.2, 0) is 26.3 Å². The number of ether oxygens (including phenoxy) is 2. The second-order valence-corrected chi connectivity index (χ2v) is 8.20. The molecule has 3 saturated carbocycles. The Balaban J connectivity index is 1.65. The van der Waals surface area contributed by atoms with Gasteiger partial charge in [-0.25, -0.2) is 4.79 Å². The van der Waals surface area contributed by atoms with E-state index in [1.165, 1.54) is 44.1 Å². The van der Waals surface area contributed by atoms with Crippen molar-refractivity contribution >= 4 is 5.97 Å². The smallest absolute Gasteiger partial charge is 0.335 e. The number of carboxylic acids is 1. The fourth-order valence-electron chi connectivity index (χ4n) is 4.39. The molecule has 0 spiro atoms. The van der Waals surface area contributed by atoms with Gasteiger partial charge in [-0.2, -0.15) is 0 Å². The van der Waals surface area contributed by atoms with E-state index in [4.69, 9.17) is 14.6 Å². The average molecular weight is 346 g/mol. The van der Waals surface area contributed by atoms with Gasteiger partial charge in [0.25, 0.3) is 0 Å². The lowest BCUT2D eigenvalue weighted by molar-refractivity contribution is -0.162. The van der Waals surface area contributed by atoms with Crippen LogP contribution < -0.4 is 0 Å². The number of benzene rings is 1. The molecule has 3 aliphatic rings. The summed E-state index contributed by atoms with van der Waals surface area (Å²) in [5.41, 5.74) is 1.72. The lowest BCUT2D eigenvalue weighted by Gasteiger charge is -2.53. The zero-order valence-electron chi connectivity index (χ0n) is 15.6. The topological polar surface area (TPSA) is 55.8 Å². The fraction of sp³-hybridized carbons (Fsp3) is 0.667. The van der Waals surface area contributed by atoms with E-state index >= 15 is 0 Å². The zero-order valence-corrected chi connectivity index (χ0v) is 15.6. The molecule has 1 aromatic rings. The van der Waals surface area contributed by atoms with Gasteiger partial charge >= 0.3 is 5.97 Å². The minimum atomic E-state index is -1.16. The number of aliphatic carboxylic acids is 1. The normalized spacial score (nSPS) is 28.9. The first kappa shape index (κ1) is 18.4. The Morgan fingerprint density at radius 3 is 2.12 bits per heavy atom. The molecule has 2 bridgehead atoms. The molecule has 4 rings (SSSR count). The Bertz CT molecular complexity index is 593. The maximum Gasteiger partial charge on any atom is 0.335 e. The predicted octanol–water partition coefficient (Wildman–Crippen LogP) is 4.45. The van der Waals surface area contributed by atoms with Gasteiger partial charge in [-0.3, -0.25) is 0 Å². The Kier molecular flexibility index (Phi) is 4.95. The van der Waals surface area contributed by atoms with E-state index in [1.54, 1.807) is 13.8 Å². The molecule has 1 aromatic carbocycles. The third kappa shape index (κ3) is 3.61. The molecule has 25 heavy (non-hydrogen) atoms. The Hall–Kier alpha value is -1.39. The van der Waals surface area contributed by atoms with Crippen LogP contribution >= 0.6 is 0 Å². The van der Waals surface area contributed by atoms with Crippen LogP contribution in [0.2, 0.25) is 0 Å². The van der Waals surface area contributed by atoms with Crippen molar-refractivity contribution in [1.82, 2.24) is 0 Å². The molecule has 3 fully saturated rings. The second kappa shape index (κ2) is 6.73. The summed E-state index contributed by atoms with van der Waals surface area (Å²) in [5, 5.41) is 9.13. The highest BCUT2D eigenvalue weighted by atomic mass is 16.5. The van der Waals surface area contributed by atoms with Gasteiger partial charge in [-0.05, 0) is 75.8 Å². The highest BCUT2D eigenvalue weighted by molar-refractivity contribution is 5.76. The van der Waals surface area contributed by atoms with E-state index in [2.05, 4.69) is 31.2 Å². The molecule has 0 atom stereocenters. The lowest BCUT2D eigenvalue weighted by atomic mass is 9.56. The van der Waals surface area contributed by atoms with Crippen LogP contribution in [0.15, 0.2) is 24.3 Å². The van der Waals surface area contributed by atoms with Crippen LogP contribution in [0.25, 0.3) is 0 Å². The van der Waals surface area contributed by atoms with Gasteiger partial charge in [0.2, 0.25) is 0 Å². The average Bonchev–Trinajstić information content (AvgIpc) is 2.62. The summed E-state index contributed by atoms with van der Waals surface area (Å²) in [6.45, 7) is 6.39. The minimum Gasteiger partial charge on any atom is -0.479 e. The molecule has 0 unspecified atom stereocenters. The Morgan fingerprint density at radius 2 is 1.64 bits per heavy atom. The summed E-state index contributed by atoms with van der Waals surface area (Å²) >= 11 is 0. The van der Waals surface area contributed by atoms with Gasteiger partial charge in [-0.1, -0.05) is 24.3 Å². The highest BCUT2D eigenvalue weighted by Crippen LogP contribution is 2.54. The van der Waals surface area contributed by atoms with Gasteiger partial charge in [0.15, 0.2) is 5.60 Å². The van der Waals surface area contributed by atoms with Crippen LogP contribution in [-0.4, -0.2) is 28.9 Å². The Labute approximate surface area is 150 Å². The quantitative estimate of drug-likeness (QED) is 0.792. The van der Waals surface area contributed by atoms with E-state index in [0.29, 0.717) is 12.0 Å². The first-order valence-electron chi connectivity index (χ1n) is 9.42. The highest BCUT2D eigenvalue weighted by Gasteiger charge is 2.49. The molecule has 138 valence electrons. The summed E-state index contributed by atoms with van der Waals surface area (Å²) in [6, 6.07) is 8.60. The van der Waals surface area contributed by atoms with Crippen LogP contribution in [0, 0.1) is 0 Å². The monoisotopic (exact) mass is 346 g/mol. The molecule has 0 saturated heterocycles. The van der Waals surface area contributed by atoms with Gasteiger partial charge in [0, 0.05) is 6.61 Å². The van der Waals surface area contributed by atoms with E-state index in [0.717, 1.165) is 12.2 Å². The standard InChI is InChI=1S/C21H30O4/c1-4-24-21-12-9-20(10-13-21,11-14-21)17-7-5-16(6-8-17)15-25-19(2,3)18(22)23/h5-8H,4,9-15H2,1-3H3,(H,22,23). The fourth-order valence-corrected chi connectivity index (χ4v) is 4.39. The summed E-state index contributed by atoms with van der Waals surface area (Å²) in [6.07, 6.45) is 7.11. The van der Waals surface area contributed by atoms with Crippen molar-refractivity contribution in [3.05, 3.63) is 35.4 Å². The van der Waals surface area contributed by atoms with Crippen molar-refractivity contribution in [2.24, 2.45) is 0 Å². The maximum absolute atomic E-state index is 11.1. The van der Waals surface area contributed by atoms with Crippen LogP contribution in [0.1, 0.15) is 70.4 Å². The maximum atomic E-state index is 11.1. The number of carboxylic acid groups (broad SMARTS) is 1. The van der Waals surface area contributed by atoms with Crippen molar-refractivity contribution in [2.45, 2.75) is 82.5 Å². The number of hydrogen-bond acceptors (Lipinski definition) is 3. The molecule has 0 radical (unpaired) electrons. The second-order valence-electron chi connectivity index (χ2n) is 8.20. The SMILES string of the molecule is CCOC12CCC(c3ccc(COC(C)(C)C(=O)O)cc3)(CC1)CC2. The van der Waals surface area contributed by atoms with E-state index < -0.39 is 11.6 Å². The molecule has 0 amide bonds. The van der Waals surface area contributed by atoms with E-state index in [-0.39, 0.29) is 5.60 Å². The van der Waals surface area contributed by atoms with E-state index in [9.17, 15) is 4.79 Å². The van der Waals surface area contributed by atoms with Crippen molar-refractivity contribution in [2.75, 3.05) is 6.61 Å². The lowest BCUT2D eigenvalue weighted by Crippen LogP contribution is -2.49. The van der Waals surface area contributed by atoms with Crippen molar-refractivity contribution in [3.8, 4) is 0 Å². The first-order valence-corrected chi connectivity index (χ1v) is 9.42. The summed E-state index contributed by atoms with van der Waals surface area (Å²) < 4.78 is 11.6. The number of fused-ring (bicyclic) bond motifs is 3. The Morgan fingerprint density at radius 1 is 1.08 bits per heavy atom. The number of hydrogen-bond donors (Lipinski definition) is 1. The molecular weight excluding hydrogens is 316 g/mol. The van der Waals surface area contributed by atoms with Crippen molar-refractivity contribution < 1.29 is 19.4 Å². The third-order valence-electron chi connectivity index (χ3n) is 6.31. The molecule has 1 N–H and O–H groups in total. The molecule has 0 aromatic heterocycles. The van der Waals surface area contributed by atoms with Crippen LogP contribution in [0.5, 0.6) is 0 Å². The molecule has 3 aliphatic carbocycles. The van der Waals surface area contributed by atoms with Crippen molar-refractivity contribution in [3.63, 3.8) is 0 Å². The van der Waals surface area contributed by atoms with Gasteiger partial charge in [0.1, 0.15) is 0 Å². The summed E-state index contributed by atoms with van der Waals surface area (Å²) in [4.78, 5) is 11.1. The van der Waals surface area contributed by atoms with E-state index in [1.807, 2.05) is 0 Å². The van der Waals surface area contributed by atoms with Gasteiger partial charge in [-0.15, -0.1) is 0 Å². The van der Waals surface area contributed by atoms with Gasteiger partial charge in [0.05, 0.1) is 12.2 Å². The predicted molar refractivity (Wildman–Crippen MR) is 96.7 cm³/mol. The molecule has 4 heteroatoms. The van der Waals surface area contributed by atoms with Crippen LogP contribution in [0.4, 0.5) is 0 Å². The van der Waals surface area contributed by atoms with Gasteiger partial charge < -0.3 is 14.6 Å². The van der Waals surface area contributed by atoms with Crippen LogP contribution in [0.3, 0.4) is 0 Å². The summed E-state index contributed by atoms with van der Waals surface area (Å²) in [7, 11) is 0. The first-order chi connectivity index (χ1) is 11.8. The zero-order chi connectivity index (χ0) is 18.1. The number of carbonyl (C=O) groups is 1. The molecule has 4 nitrogen and oxygen atoms in total.